The third kappa shape index (κ3) is 6.74. The van der Waals surface area contributed by atoms with Gasteiger partial charge in [-0.2, -0.15) is 0 Å². The quantitative estimate of drug-likeness (QED) is 0.499. The minimum Gasteiger partial charge on any atom is -0.393 e. The molecule has 0 bridgehead atoms. The fourth-order valence-electron chi connectivity index (χ4n) is 0.974. The molecule has 0 spiro atoms. The first-order valence-electron chi connectivity index (χ1n) is 5.54. The molecule has 0 aromatic heterocycles. The first-order valence-corrected chi connectivity index (χ1v) is 5.95. The molecule has 3 N–H and O–H groups in total. The number of hydrogen-bond donors (Lipinski definition) is 2. The van der Waals surface area contributed by atoms with Gasteiger partial charge >= 0.3 is 0 Å². The van der Waals surface area contributed by atoms with Crippen LogP contribution < -0.4 is 11.1 Å². The Labute approximate surface area is 103 Å². The molecule has 0 unspecified atom stereocenters. The maximum absolute atomic E-state index is 11.4. The Kier molecular flexibility index (Phi) is 7.25. The Morgan fingerprint density at radius 2 is 2.12 bits per heavy atom. The molecule has 0 heterocycles. The van der Waals surface area contributed by atoms with E-state index in [-0.39, 0.29) is 11.3 Å². The summed E-state index contributed by atoms with van der Waals surface area (Å²) < 4.78 is 5.15. The normalized spacial score (nSPS) is 11.2. The van der Waals surface area contributed by atoms with Crippen molar-refractivity contribution in [1.29, 1.82) is 0 Å². The molecule has 0 aliphatic heterocycles. The summed E-state index contributed by atoms with van der Waals surface area (Å²) in [6.45, 7) is 7.56. The lowest BCUT2D eigenvalue weighted by molar-refractivity contribution is -0.121. The van der Waals surface area contributed by atoms with E-state index in [0.29, 0.717) is 31.2 Å². The molecule has 94 valence electrons. The van der Waals surface area contributed by atoms with Crippen LogP contribution in [-0.4, -0.2) is 30.7 Å². The largest absolute Gasteiger partial charge is 0.393 e. The van der Waals surface area contributed by atoms with Gasteiger partial charge in [-0.05, 0) is 13.3 Å². The summed E-state index contributed by atoms with van der Waals surface area (Å²) in [6.07, 6.45) is 1.22. The summed E-state index contributed by atoms with van der Waals surface area (Å²) >= 11 is 4.91. The summed E-state index contributed by atoms with van der Waals surface area (Å²) in [7, 11) is 0. The summed E-state index contributed by atoms with van der Waals surface area (Å²) in [5, 5.41) is 2.82. The number of nitrogens with two attached hydrogens (primary N) is 1. The molecule has 0 rings (SSSR count). The third-order valence-corrected chi connectivity index (χ3v) is 2.84. The van der Waals surface area contributed by atoms with Crippen LogP contribution in [0.4, 0.5) is 0 Å². The van der Waals surface area contributed by atoms with Crippen LogP contribution in [0.1, 0.15) is 33.6 Å². The van der Waals surface area contributed by atoms with E-state index in [0.717, 1.165) is 6.42 Å². The second-order valence-electron chi connectivity index (χ2n) is 4.33. The number of rotatable bonds is 8. The SMILES string of the molecule is CCOCCCC(=O)NCC(C)(C)C(N)=S. The Bertz CT molecular complexity index is 242. The average Bonchev–Trinajstić information content (AvgIpc) is 2.21. The highest BCUT2D eigenvalue weighted by Gasteiger charge is 2.21. The van der Waals surface area contributed by atoms with Crippen LogP contribution in [-0.2, 0) is 9.53 Å². The van der Waals surface area contributed by atoms with Gasteiger partial charge in [-0.1, -0.05) is 26.1 Å². The van der Waals surface area contributed by atoms with Crippen molar-refractivity contribution >= 4 is 23.1 Å². The molecule has 0 saturated carbocycles. The minimum absolute atomic E-state index is 0.0176. The van der Waals surface area contributed by atoms with Crippen LogP contribution in [0.2, 0.25) is 0 Å². The molecule has 0 aromatic rings. The second-order valence-corrected chi connectivity index (χ2v) is 4.77. The van der Waals surface area contributed by atoms with Gasteiger partial charge in [0, 0.05) is 31.6 Å². The van der Waals surface area contributed by atoms with E-state index in [2.05, 4.69) is 5.32 Å². The van der Waals surface area contributed by atoms with E-state index in [1.165, 1.54) is 0 Å². The number of amides is 1. The average molecular weight is 246 g/mol. The van der Waals surface area contributed by atoms with Gasteiger partial charge < -0.3 is 15.8 Å². The van der Waals surface area contributed by atoms with E-state index >= 15 is 0 Å². The van der Waals surface area contributed by atoms with Gasteiger partial charge in [0.25, 0.3) is 0 Å². The molecule has 16 heavy (non-hydrogen) atoms. The topological polar surface area (TPSA) is 64.3 Å². The van der Waals surface area contributed by atoms with E-state index in [1.54, 1.807) is 0 Å². The van der Waals surface area contributed by atoms with Crippen LogP contribution in [0.25, 0.3) is 0 Å². The Hall–Kier alpha value is -0.680. The van der Waals surface area contributed by atoms with Crippen molar-refractivity contribution < 1.29 is 9.53 Å². The maximum atomic E-state index is 11.4. The molecule has 0 saturated heterocycles. The fourth-order valence-corrected chi connectivity index (χ4v) is 1.05. The highest BCUT2D eigenvalue weighted by atomic mass is 32.1. The monoisotopic (exact) mass is 246 g/mol. The van der Waals surface area contributed by atoms with Crippen molar-refractivity contribution in [1.82, 2.24) is 5.32 Å². The van der Waals surface area contributed by atoms with Crippen LogP contribution in [0, 0.1) is 5.41 Å². The lowest BCUT2D eigenvalue weighted by Crippen LogP contribution is -2.41. The summed E-state index contributed by atoms with van der Waals surface area (Å²) in [5.74, 6) is 0.0176. The van der Waals surface area contributed by atoms with E-state index in [1.807, 2.05) is 20.8 Å². The van der Waals surface area contributed by atoms with E-state index in [9.17, 15) is 4.79 Å². The first kappa shape index (κ1) is 15.3. The van der Waals surface area contributed by atoms with Gasteiger partial charge in [-0.25, -0.2) is 0 Å². The number of carbonyl (C=O) groups is 1. The zero-order valence-electron chi connectivity index (χ0n) is 10.3. The summed E-state index contributed by atoms with van der Waals surface area (Å²) in [6, 6.07) is 0. The molecule has 0 fully saturated rings. The highest BCUT2D eigenvalue weighted by molar-refractivity contribution is 7.80. The Morgan fingerprint density at radius 3 is 2.62 bits per heavy atom. The smallest absolute Gasteiger partial charge is 0.220 e. The molecule has 0 atom stereocenters. The third-order valence-electron chi connectivity index (χ3n) is 2.29. The van der Waals surface area contributed by atoms with Gasteiger partial charge in [0.15, 0.2) is 0 Å². The van der Waals surface area contributed by atoms with Crippen molar-refractivity contribution in [3.63, 3.8) is 0 Å². The van der Waals surface area contributed by atoms with Crippen molar-refractivity contribution in [2.45, 2.75) is 33.6 Å². The number of hydrogen-bond acceptors (Lipinski definition) is 3. The van der Waals surface area contributed by atoms with Gasteiger partial charge in [0.2, 0.25) is 5.91 Å². The van der Waals surface area contributed by atoms with E-state index in [4.69, 9.17) is 22.7 Å². The van der Waals surface area contributed by atoms with Gasteiger partial charge in [0.05, 0.1) is 4.99 Å². The Balaban J connectivity index is 3.69. The van der Waals surface area contributed by atoms with Gasteiger partial charge in [0.1, 0.15) is 0 Å². The molecule has 0 aliphatic carbocycles. The number of thiocarbonyl (C=S) groups is 1. The van der Waals surface area contributed by atoms with Crippen LogP contribution in [0.15, 0.2) is 0 Å². The molecule has 0 aliphatic rings. The van der Waals surface area contributed by atoms with Crippen LogP contribution >= 0.6 is 12.2 Å². The molecule has 1 amide bonds. The maximum Gasteiger partial charge on any atom is 0.220 e. The second kappa shape index (κ2) is 7.57. The molecule has 4 nitrogen and oxygen atoms in total. The van der Waals surface area contributed by atoms with Crippen molar-refractivity contribution in [3.8, 4) is 0 Å². The number of nitrogens with one attached hydrogen (secondary N) is 1. The summed E-state index contributed by atoms with van der Waals surface area (Å²) in [4.78, 5) is 11.8. The Morgan fingerprint density at radius 1 is 1.50 bits per heavy atom. The van der Waals surface area contributed by atoms with Gasteiger partial charge in [-0.3, -0.25) is 4.79 Å². The van der Waals surface area contributed by atoms with Crippen LogP contribution in [0.3, 0.4) is 0 Å². The predicted molar refractivity (Wildman–Crippen MR) is 69.3 cm³/mol. The first-order chi connectivity index (χ1) is 7.40. The van der Waals surface area contributed by atoms with Gasteiger partial charge in [-0.15, -0.1) is 0 Å². The highest BCUT2D eigenvalue weighted by Crippen LogP contribution is 2.13. The molecular formula is C11H22N2O2S. The number of carbonyl (C=O) groups excluding carboxylic acids is 1. The zero-order chi connectivity index (χ0) is 12.6. The van der Waals surface area contributed by atoms with Crippen molar-refractivity contribution in [2.24, 2.45) is 11.1 Å². The molecule has 0 aromatic carbocycles. The fraction of sp³-hybridized carbons (Fsp3) is 0.818. The van der Waals surface area contributed by atoms with Crippen LogP contribution in [0.5, 0.6) is 0 Å². The van der Waals surface area contributed by atoms with Crippen molar-refractivity contribution in [3.05, 3.63) is 0 Å². The minimum atomic E-state index is -0.328. The van der Waals surface area contributed by atoms with Crippen molar-refractivity contribution in [2.75, 3.05) is 19.8 Å². The summed E-state index contributed by atoms with van der Waals surface area (Å²) in [5.41, 5.74) is 5.23. The number of ether oxygens (including phenoxy) is 1. The zero-order valence-corrected chi connectivity index (χ0v) is 11.2. The predicted octanol–water partition coefficient (Wildman–Crippen LogP) is 1.23. The molecule has 0 radical (unpaired) electrons. The molecular weight excluding hydrogens is 224 g/mol. The molecule has 5 heteroatoms. The lowest BCUT2D eigenvalue weighted by atomic mass is 9.93. The van der Waals surface area contributed by atoms with E-state index < -0.39 is 0 Å². The standard InChI is InChI=1S/C11H22N2O2S/c1-4-15-7-5-6-9(14)13-8-11(2,3)10(12)16/h4-8H2,1-3H3,(H2,12,16)(H,13,14). The lowest BCUT2D eigenvalue weighted by Gasteiger charge is -2.23.